The van der Waals surface area contributed by atoms with Crippen molar-refractivity contribution in [3.05, 3.63) is 41.4 Å². The minimum atomic E-state index is -0.820. The van der Waals surface area contributed by atoms with Gasteiger partial charge in [-0.15, -0.1) is 0 Å². The van der Waals surface area contributed by atoms with Gasteiger partial charge in [-0.05, 0) is 50.5 Å². The Hall–Kier alpha value is -1.81. The Morgan fingerprint density at radius 1 is 1.29 bits per heavy atom. The molecule has 2 rings (SSSR count). The molecule has 0 unspecified atom stereocenters. The van der Waals surface area contributed by atoms with Crippen LogP contribution in [0.5, 0.6) is 0 Å². The maximum Gasteiger partial charge on any atom is 0.310 e. The number of benzene rings is 1. The summed E-state index contributed by atoms with van der Waals surface area (Å²) >= 11 is 5.78. The smallest absolute Gasteiger partial charge is 0.310 e. The standard InChI is InChI=1S/C16H18ClNO3/c1-11(21-16(20)12-5-3-2-4-6-12)15(19)18-14-9-7-13(17)8-10-14/h2-3,7-12H,4-6H2,1H3,(H,18,19)/t11-,12+/m1/s1. The normalized spacial score (nSPS) is 18.9. The highest BCUT2D eigenvalue weighted by Crippen LogP contribution is 2.20. The van der Waals surface area contributed by atoms with Crippen molar-refractivity contribution in [2.45, 2.75) is 32.3 Å². The molecule has 0 spiro atoms. The number of halogens is 1. The molecule has 4 nitrogen and oxygen atoms in total. The van der Waals surface area contributed by atoms with Gasteiger partial charge in [0.1, 0.15) is 0 Å². The first-order chi connectivity index (χ1) is 10.1. The van der Waals surface area contributed by atoms with Crippen molar-refractivity contribution in [3.8, 4) is 0 Å². The molecule has 0 aliphatic heterocycles. The fourth-order valence-corrected chi connectivity index (χ4v) is 2.23. The molecule has 1 N–H and O–H groups in total. The van der Waals surface area contributed by atoms with E-state index in [9.17, 15) is 9.59 Å². The van der Waals surface area contributed by atoms with Gasteiger partial charge in [0.2, 0.25) is 0 Å². The van der Waals surface area contributed by atoms with Gasteiger partial charge in [0.05, 0.1) is 5.92 Å². The van der Waals surface area contributed by atoms with E-state index in [0.717, 1.165) is 12.8 Å². The van der Waals surface area contributed by atoms with Crippen LogP contribution in [0.1, 0.15) is 26.2 Å². The second-order valence-corrected chi connectivity index (χ2v) is 5.49. The van der Waals surface area contributed by atoms with Crippen molar-refractivity contribution in [1.82, 2.24) is 0 Å². The number of carbonyl (C=O) groups excluding carboxylic acids is 2. The first-order valence-corrected chi connectivity index (χ1v) is 7.36. The first kappa shape index (κ1) is 15.6. The van der Waals surface area contributed by atoms with Gasteiger partial charge in [-0.25, -0.2) is 0 Å². The third-order valence-electron chi connectivity index (χ3n) is 3.38. The number of carbonyl (C=O) groups is 2. The van der Waals surface area contributed by atoms with Gasteiger partial charge in [0.25, 0.3) is 5.91 Å². The average Bonchev–Trinajstić information content (AvgIpc) is 2.50. The molecule has 1 aliphatic rings. The van der Waals surface area contributed by atoms with Gasteiger partial charge < -0.3 is 10.1 Å². The Balaban J connectivity index is 1.85. The van der Waals surface area contributed by atoms with Crippen molar-refractivity contribution >= 4 is 29.2 Å². The van der Waals surface area contributed by atoms with Crippen molar-refractivity contribution in [2.24, 2.45) is 5.92 Å². The van der Waals surface area contributed by atoms with Crippen LogP contribution in [0.3, 0.4) is 0 Å². The van der Waals surface area contributed by atoms with Crippen LogP contribution < -0.4 is 5.32 Å². The van der Waals surface area contributed by atoms with Gasteiger partial charge >= 0.3 is 5.97 Å². The van der Waals surface area contributed by atoms with E-state index in [1.807, 2.05) is 6.08 Å². The van der Waals surface area contributed by atoms with Crippen LogP contribution in [0.4, 0.5) is 5.69 Å². The maximum absolute atomic E-state index is 12.0. The van der Waals surface area contributed by atoms with E-state index in [1.54, 1.807) is 31.2 Å². The Morgan fingerprint density at radius 2 is 2.00 bits per heavy atom. The lowest BCUT2D eigenvalue weighted by Crippen LogP contribution is -2.32. The maximum atomic E-state index is 12.0. The molecule has 112 valence electrons. The average molecular weight is 308 g/mol. The van der Waals surface area contributed by atoms with E-state index >= 15 is 0 Å². The summed E-state index contributed by atoms with van der Waals surface area (Å²) < 4.78 is 5.24. The molecule has 1 aromatic rings. The number of anilines is 1. The second-order valence-electron chi connectivity index (χ2n) is 5.06. The summed E-state index contributed by atoms with van der Waals surface area (Å²) in [5, 5.41) is 3.28. The summed E-state index contributed by atoms with van der Waals surface area (Å²) in [4.78, 5) is 23.9. The summed E-state index contributed by atoms with van der Waals surface area (Å²) in [6, 6.07) is 6.76. The van der Waals surface area contributed by atoms with Gasteiger partial charge in [-0.1, -0.05) is 23.8 Å². The SMILES string of the molecule is C[C@@H](OC(=O)[C@H]1CC=CCC1)C(=O)Nc1ccc(Cl)cc1. The lowest BCUT2D eigenvalue weighted by molar-refractivity contribution is -0.157. The van der Waals surface area contributed by atoms with E-state index in [2.05, 4.69) is 11.4 Å². The third kappa shape index (κ3) is 4.60. The van der Waals surface area contributed by atoms with Crippen LogP contribution in [0.25, 0.3) is 0 Å². The third-order valence-corrected chi connectivity index (χ3v) is 3.63. The Bertz CT molecular complexity index is 539. The molecule has 1 aliphatic carbocycles. The molecule has 0 fully saturated rings. The zero-order valence-electron chi connectivity index (χ0n) is 11.8. The zero-order chi connectivity index (χ0) is 15.2. The van der Waals surface area contributed by atoms with Crippen LogP contribution in [-0.2, 0) is 14.3 Å². The number of hydrogen-bond donors (Lipinski definition) is 1. The molecule has 0 aromatic heterocycles. The summed E-state index contributed by atoms with van der Waals surface area (Å²) in [7, 11) is 0. The highest BCUT2D eigenvalue weighted by Gasteiger charge is 2.24. The Labute approximate surface area is 129 Å². The summed E-state index contributed by atoms with van der Waals surface area (Å²) in [5.74, 6) is -0.795. The molecule has 0 saturated carbocycles. The number of rotatable bonds is 4. The van der Waals surface area contributed by atoms with Crippen molar-refractivity contribution < 1.29 is 14.3 Å². The quantitative estimate of drug-likeness (QED) is 0.683. The summed E-state index contributed by atoms with van der Waals surface area (Å²) in [5.41, 5.74) is 0.618. The largest absolute Gasteiger partial charge is 0.452 e. The molecular weight excluding hydrogens is 290 g/mol. The van der Waals surface area contributed by atoms with E-state index in [-0.39, 0.29) is 17.8 Å². The van der Waals surface area contributed by atoms with E-state index in [0.29, 0.717) is 17.1 Å². The fraction of sp³-hybridized carbons (Fsp3) is 0.375. The molecule has 0 saturated heterocycles. The molecule has 0 heterocycles. The highest BCUT2D eigenvalue weighted by atomic mass is 35.5. The predicted molar refractivity (Wildman–Crippen MR) is 82.1 cm³/mol. The zero-order valence-corrected chi connectivity index (χ0v) is 12.6. The van der Waals surface area contributed by atoms with Crippen molar-refractivity contribution in [1.29, 1.82) is 0 Å². The number of amides is 1. The molecule has 5 heteroatoms. The van der Waals surface area contributed by atoms with Crippen LogP contribution in [0, 0.1) is 5.92 Å². The molecule has 0 bridgehead atoms. The van der Waals surface area contributed by atoms with E-state index < -0.39 is 6.10 Å². The second kappa shape index (κ2) is 7.27. The minimum absolute atomic E-state index is 0.138. The highest BCUT2D eigenvalue weighted by molar-refractivity contribution is 6.30. The number of hydrogen-bond acceptors (Lipinski definition) is 3. The monoisotopic (exact) mass is 307 g/mol. The molecule has 21 heavy (non-hydrogen) atoms. The summed E-state index contributed by atoms with van der Waals surface area (Å²) in [6.45, 7) is 1.57. The van der Waals surface area contributed by atoms with E-state index in [1.165, 1.54) is 0 Å². The Morgan fingerprint density at radius 3 is 2.62 bits per heavy atom. The topological polar surface area (TPSA) is 55.4 Å². The lowest BCUT2D eigenvalue weighted by Gasteiger charge is -2.19. The van der Waals surface area contributed by atoms with Crippen LogP contribution in [0.15, 0.2) is 36.4 Å². The summed E-state index contributed by atoms with van der Waals surface area (Å²) in [6.07, 6.45) is 5.56. The fourth-order valence-electron chi connectivity index (χ4n) is 2.11. The van der Waals surface area contributed by atoms with Crippen LogP contribution in [0.2, 0.25) is 5.02 Å². The van der Waals surface area contributed by atoms with Crippen molar-refractivity contribution in [3.63, 3.8) is 0 Å². The molecule has 1 aromatic carbocycles. The van der Waals surface area contributed by atoms with E-state index in [4.69, 9.17) is 16.3 Å². The number of ether oxygens (including phenoxy) is 1. The minimum Gasteiger partial charge on any atom is -0.452 e. The van der Waals surface area contributed by atoms with Gasteiger partial charge in [0.15, 0.2) is 6.10 Å². The predicted octanol–water partition coefficient (Wildman–Crippen LogP) is 3.57. The van der Waals surface area contributed by atoms with Gasteiger partial charge in [-0.3, -0.25) is 9.59 Å². The van der Waals surface area contributed by atoms with Gasteiger partial charge in [-0.2, -0.15) is 0 Å². The number of esters is 1. The first-order valence-electron chi connectivity index (χ1n) is 6.98. The molecule has 1 amide bonds. The number of allylic oxidation sites excluding steroid dienone is 2. The molecule has 0 radical (unpaired) electrons. The van der Waals surface area contributed by atoms with Gasteiger partial charge in [0, 0.05) is 10.7 Å². The Kier molecular flexibility index (Phi) is 5.39. The lowest BCUT2D eigenvalue weighted by atomic mass is 9.95. The molecular formula is C16H18ClNO3. The van der Waals surface area contributed by atoms with Crippen molar-refractivity contribution in [2.75, 3.05) is 5.32 Å². The van der Waals surface area contributed by atoms with Crippen LogP contribution >= 0.6 is 11.6 Å². The number of nitrogens with one attached hydrogen (secondary N) is 1. The molecule has 2 atom stereocenters. The van der Waals surface area contributed by atoms with Crippen LogP contribution in [-0.4, -0.2) is 18.0 Å².